The van der Waals surface area contributed by atoms with E-state index in [1.807, 2.05) is 30.3 Å². The molecular weight excluding hydrogens is 426 g/mol. The van der Waals surface area contributed by atoms with Gasteiger partial charge >= 0.3 is 0 Å². The summed E-state index contributed by atoms with van der Waals surface area (Å²) in [5, 5.41) is 2.93. The van der Waals surface area contributed by atoms with E-state index in [-0.39, 0.29) is 16.7 Å². The third-order valence-electron chi connectivity index (χ3n) is 6.19. The number of fused-ring (bicyclic) bond motifs is 1. The Balaban J connectivity index is 1.50. The van der Waals surface area contributed by atoms with Gasteiger partial charge in [-0.1, -0.05) is 36.8 Å². The lowest BCUT2D eigenvalue weighted by Crippen LogP contribution is -2.47. The Morgan fingerprint density at radius 3 is 2.44 bits per heavy atom. The van der Waals surface area contributed by atoms with Gasteiger partial charge in [0, 0.05) is 38.7 Å². The first-order valence-electron chi connectivity index (χ1n) is 11.1. The van der Waals surface area contributed by atoms with Crippen molar-refractivity contribution in [2.45, 2.75) is 50.0 Å². The third kappa shape index (κ3) is 4.56. The molecule has 4 rings (SSSR count). The number of rotatable bonds is 6. The summed E-state index contributed by atoms with van der Waals surface area (Å²) in [4.78, 5) is 27.0. The molecule has 2 aliphatic rings. The highest BCUT2D eigenvalue weighted by atomic mass is 32.2. The first kappa shape index (κ1) is 22.5. The molecule has 2 aromatic carbocycles. The number of amides is 2. The van der Waals surface area contributed by atoms with E-state index in [2.05, 4.69) is 5.32 Å². The Morgan fingerprint density at radius 1 is 1.03 bits per heavy atom. The molecule has 2 aromatic rings. The molecule has 2 aliphatic heterocycles. The molecule has 0 bridgehead atoms. The van der Waals surface area contributed by atoms with Crippen LogP contribution >= 0.6 is 0 Å². The predicted molar refractivity (Wildman–Crippen MR) is 123 cm³/mol. The van der Waals surface area contributed by atoms with Gasteiger partial charge in [0.2, 0.25) is 21.8 Å². The maximum absolute atomic E-state index is 13.1. The summed E-state index contributed by atoms with van der Waals surface area (Å²) < 4.78 is 27.7. The number of hydrogen-bond donors (Lipinski definition) is 1. The minimum atomic E-state index is -3.57. The molecule has 0 unspecified atom stereocenters. The Bertz CT molecular complexity index is 1100. The average molecular weight is 456 g/mol. The van der Waals surface area contributed by atoms with Crippen LogP contribution in [0.3, 0.4) is 0 Å². The number of anilines is 1. The number of nitrogens with zero attached hydrogens (tertiary/aromatic N) is 2. The van der Waals surface area contributed by atoms with E-state index in [1.54, 1.807) is 18.2 Å². The van der Waals surface area contributed by atoms with Gasteiger partial charge in [-0.05, 0) is 48.6 Å². The fraction of sp³-hybridized carbons (Fsp3) is 0.417. The monoisotopic (exact) mass is 455 g/mol. The number of benzene rings is 2. The molecule has 1 atom stereocenters. The summed E-state index contributed by atoms with van der Waals surface area (Å²) in [7, 11) is -3.57. The molecule has 1 N–H and O–H groups in total. The highest BCUT2D eigenvalue weighted by Gasteiger charge is 2.38. The molecule has 170 valence electrons. The number of sulfonamides is 1. The van der Waals surface area contributed by atoms with Crippen molar-refractivity contribution in [3.05, 3.63) is 59.7 Å². The standard InChI is InChI=1S/C24H29N3O4S/c1-18(28)27-22-11-10-21(32(30,31)26-14-6-3-7-15-26)16-20(22)17-23(27)24(29)25-13-12-19-8-4-2-5-9-19/h2,4-5,8-11,16,23H,3,6-7,12-15,17H2,1H3,(H,25,29)/t23-/m1/s1. The Labute approximate surface area is 189 Å². The van der Waals surface area contributed by atoms with Crippen LogP contribution in [0.2, 0.25) is 0 Å². The summed E-state index contributed by atoms with van der Waals surface area (Å²) in [6.45, 7) is 2.96. The summed E-state index contributed by atoms with van der Waals surface area (Å²) in [6, 6.07) is 14.0. The van der Waals surface area contributed by atoms with Crippen LogP contribution in [0.4, 0.5) is 5.69 Å². The summed E-state index contributed by atoms with van der Waals surface area (Å²) in [5.41, 5.74) is 2.44. The van der Waals surface area contributed by atoms with E-state index in [1.165, 1.54) is 16.1 Å². The van der Waals surface area contributed by atoms with Crippen molar-refractivity contribution in [1.82, 2.24) is 9.62 Å². The molecule has 32 heavy (non-hydrogen) atoms. The van der Waals surface area contributed by atoms with Crippen LogP contribution in [0.5, 0.6) is 0 Å². The number of carbonyl (C=O) groups excluding carboxylic acids is 2. The molecule has 0 saturated carbocycles. The van der Waals surface area contributed by atoms with Crippen LogP contribution in [0.1, 0.15) is 37.3 Å². The van der Waals surface area contributed by atoms with Gasteiger partial charge in [-0.15, -0.1) is 0 Å². The fourth-order valence-electron chi connectivity index (χ4n) is 4.53. The zero-order valence-corrected chi connectivity index (χ0v) is 19.1. The average Bonchev–Trinajstić information content (AvgIpc) is 3.19. The van der Waals surface area contributed by atoms with E-state index in [4.69, 9.17) is 0 Å². The normalized spacial score (nSPS) is 18.9. The molecule has 1 fully saturated rings. The molecule has 1 saturated heterocycles. The number of piperidine rings is 1. The van der Waals surface area contributed by atoms with Crippen LogP contribution in [0, 0.1) is 0 Å². The molecule has 2 amide bonds. The molecule has 2 heterocycles. The molecule has 7 nitrogen and oxygen atoms in total. The van der Waals surface area contributed by atoms with E-state index in [0.29, 0.717) is 43.7 Å². The minimum Gasteiger partial charge on any atom is -0.354 e. The van der Waals surface area contributed by atoms with Gasteiger partial charge in [0.05, 0.1) is 4.90 Å². The summed E-state index contributed by atoms with van der Waals surface area (Å²) >= 11 is 0. The van der Waals surface area contributed by atoms with Crippen LogP contribution in [-0.2, 0) is 32.5 Å². The van der Waals surface area contributed by atoms with Gasteiger partial charge < -0.3 is 5.32 Å². The molecule has 0 aromatic heterocycles. The van der Waals surface area contributed by atoms with Crippen molar-refractivity contribution in [2.24, 2.45) is 0 Å². The second-order valence-electron chi connectivity index (χ2n) is 8.39. The van der Waals surface area contributed by atoms with Crippen molar-refractivity contribution in [3.63, 3.8) is 0 Å². The largest absolute Gasteiger partial charge is 0.354 e. The van der Waals surface area contributed by atoms with Crippen molar-refractivity contribution >= 4 is 27.5 Å². The van der Waals surface area contributed by atoms with Crippen molar-refractivity contribution in [1.29, 1.82) is 0 Å². The van der Waals surface area contributed by atoms with Crippen LogP contribution in [-0.4, -0.2) is 50.2 Å². The molecule has 0 spiro atoms. The van der Waals surface area contributed by atoms with Crippen molar-refractivity contribution in [3.8, 4) is 0 Å². The maximum atomic E-state index is 13.1. The van der Waals surface area contributed by atoms with Gasteiger partial charge in [-0.2, -0.15) is 4.31 Å². The topological polar surface area (TPSA) is 86.8 Å². The van der Waals surface area contributed by atoms with Gasteiger partial charge in [0.1, 0.15) is 6.04 Å². The molecule has 0 radical (unpaired) electrons. The molecule has 8 heteroatoms. The maximum Gasteiger partial charge on any atom is 0.243 e. The molecular formula is C24H29N3O4S. The van der Waals surface area contributed by atoms with E-state index < -0.39 is 16.1 Å². The van der Waals surface area contributed by atoms with Crippen LogP contribution in [0.25, 0.3) is 0 Å². The predicted octanol–water partition coefficient (Wildman–Crippen LogP) is 2.50. The number of nitrogens with one attached hydrogen (secondary N) is 1. The Hall–Kier alpha value is -2.71. The Morgan fingerprint density at radius 2 is 1.75 bits per heavy atom. The van der Waals surface area contributed by atoms with E-state index in [9.17, 15) is 18.0 Å². The smallest absolute Gasteiger partial charge is 0.243 e. The zero-order chi connectivity index (χ0) is 22.7. The SMILES string of the molecule is CC(=O)N1c2ccc(S(=O)(=O)N3CCCCC3)cc2C[C@@H]1C(=O)NCCc1ccccc1. The first-order valence-corrected chi connectivity index (χ1v) is 12.6. The van der Waals surface area contributed by atoms with Crippen LogP contribution < -0.4 is 10.2 Å². The third-order valence-corrected chi connectivity index (χ3v) is 8.08. The number of carbonyl (C=O) groups is 2. The van der Waals surface area contributed by atoms with Crippen molar-refractivity contribution in [2.75, 3.05) is 24.5 Å². The van der Waals surface area contributed by atoms with Crippen LogP contribution in [0.15, 0.2) is 53.4 Å². The van der Waals surface area contributed by atoms with Crippen molar-refractivity contribution < 1.29 is 18.0 Å². The first-order chi connectivity index (χ1) is 15.4. The summed E-state index contributed by atoms with van der Waals surface area (Å²) in [6.07, 6.45) is 3.78. The van der Waals surface area contributed by atoms with Gasteiger partial charge in [-0.25, -0.2) is 8.42 Å². The van der Waals surface area contributed by atoms with E-state index >= 15 is 0 Å². The minimum absolute atomic E-state index is 0.229. The molecule has 0 aliphatic carbocycles. The summed E-state index contributed by atoms with van der Waals surface area (Å²) in [5.74, 6) is -0.466. The lowest BCUT2D eigenvalue weighted by Gasteiger charge is -2.26. The lowest BCUT2D eigenvalue weighted by atomic mass is 10.1. The van der Waals surface area contributed by atoms with Gasteiger partial charge in [0.15, 0.2) is 0 Å². The van der Waals surface area contributed by atoms with Gasteiger partial charge in [-0.3, -0.25) is 14.5 Å². The fourth-order valence-corrected chi connectivity index (χ4v) is 6.10. The van der Waals surface area contributed by atoms with Gasteiger partial charge in [0.25, 0.3) is 0 Å². The Kier molecular flexibility index (Phi) is 6.62. The highest BCUT2D eigenvalue weighted by Crippen LogP contribution is 2.35. The number of hydrogen-bond acceptors (Lipinski definition) is 4. The second kappa shape index (κ2) is 9.42. The van der Waals surface area contributed by atoms with E-state index in [0.717, 1.165) is 24.8 Å². The zero-order valence-electron chi connectivity index (χ0n) is 18.3. The second-order valence-corrected chi connectivity index (χ2v) is 10.3. The lowest BCUT2D eigenvalue weighted by molar-refractivity contribution is -0.125. The highest BCUT2D eigenvalue weighted by molar-refractivity contribution is 7.89. The quantitative estimate of drug-likeness (QED) is 0.725.